The van der Waals surface area contributed by atoms with E-state index >= 15 is 4.79 Å². The molecule has 0 saturated carbocycles. The predicted octanol–water partition coefficient (Wildman–Crippen LogP) is -5.76. The minimum atomic E-state index is -2.03. The van der Waals surface area contributed by atoms with Gasteiger partial charge >= 0.3 is 0 Å². The summed E-state index contributed by atoms with van der Waals surface area (Å²) in [5.74, 6) is -14.8. The molecule has 0 radical (unpaired) electrons. The van der Waals surface area contributed by atoms with Crippen LogP contribution in [-0.2, 0) is 83.5 Å². The Morgan fingerprint density at radius 1 is 0.619 bits per heavy atom. The smallest absolute Gasteiger partial charge is 0.266 e. The van der Waals surface area contributed by atoms with Gasteiger partial charge in [0.05, 0.1) is 19.3 Å². The molecule has 1 aromatic rings. The second-order valence-electron chi connectivity index (χ2n) is 24.8. The van der Waals surface area contributed by atoms with Crippen molar-refractivity contribution in [3.63, 3.8) is 0 Å². The van der Waals surface area contributed by atoms with Crippen LogP contribution in [0.4, 0.5) is 0 Å². The van der Waals surface area contributed by atoms with Crippen molar-refractivity contribution in [1.29, 1.82) is 0 Å². The van der Waals surface area contributed by atoms with Crippen LogP contribution in [0.25, 0.3) is 0 Å². The summed E-state index contributed by atoms with van der Waals surface area (Å²) in [5.41, 5.74) is 16.5. The fraction of sp³-hybridized carbons (Fsp3) is 0.661. The average molecular weight is 1400 g/mol. The molecule has 0 aliphatic carbocycles. The number of primary amides is 2. The molecule has 16 N–H and O–H groups in total. The zero-order chi connectivity index (χ0) is 71.3. The maximum absolute atomic E-state index is 15.1. The summed E-state index contributed by atoms with van der Waals surface area (Å²) in [6, 6.07) is -10.1. The molecule has 0 aromatic heterocycles. The molecule has 5 rings (SSSR count). The lowest BCUT2D eigenvalue weighted by Gasteiger charge is -2.32. The fourth-order valence-corrected chi connectivity index (χ4v) is 13.3. The standard InChI is InChI=1S/C62H94N14O19S2/c1-34(2)24-42-57(88)70-43(28-51(82)83)58(89)74-52(35(3)77)62(93)76-21-11-14-47(76)59(90)69-40(15-17-48(64)78)55(86)68-41(16-18-50(80)81)56(87)72-44(53(65)84)32-96-30-36-25-37-27-38(26-36)94-22-8-4-5-9-23-95-66-29-49(79)67-39(12-6-7-19-63)54(85)73-45(33-97-31-37)61(92)75-20-10-13-46(75)60(91)71-42/h25-27,29,34-35,39-47,52,77H,4-24,28,30-33,63H2,1-3H3,(H2,64,78)(H2,65,84)(H,67,79)(H,68,86)(H,69,90)(H,70,88)(H,71,91)(H,72,87)(H,73,85)(H,74,89)(H,80,81)(H,82,83)/p-1/b66-29+/t35-,39+,40+,41+,42+,43+,44+,45+,46+,47+,52+/m1/s1. The van der Waals surface area contributed by atoms with Gasteiger partial charge in [-0.05, 0) is 132 Å². The lowest BCUT2D eigenvalue weighted by atomic mass is 10.0. The molecule has 4 aliphatic rings. The van der Waals surface area contributed by atoms with Crippen LogP contribution >= 0.6 is 23.5 Å². The van der Waals surface area contributed by atoms with Crippen LogP contribution in [0.2, 0.25) is 0 Å². The molecule has 97 heavy (non-hydrogen) atoms. The number of benzene rings is 1. The highest BCUT2D eigenvalue weighted by atomic mass is 32.2. The highest BCUT2D eigenvalue weighted by molar-refractivity contribution is 7.98. The highest BCUT2D eigenvalue weighted by Crippen LogP contribution is 2.28. The number of nitrogens with zero attached hydrogens (tertiary/aromatic N) is 3. The fourth-order valence-electron chi connectivity index (χ4n) is 11.3. The van der Waals surface area contributed by atoms with Crippen molar-refractivity contribution in [2.75, 3.05) is 44.4 Å². The van der Waals surface area contributed by atoms with E-state index in [2.05, 4.69) is 53.4 Å². The van der Waals surface area contributed by atoms with Crippen molar-refractivity contribution in [2.24, 2.45) is 22.5 Å². The van der Waals surface area contributed by atoms with Gasteiger partial charge in [0.25, 0.3) is 5.91 Å². The number of aliphatic hydroxyl groups excluding tert-OH is 1. The molecule has 12 amide bonds. The summed E-state index contributed by atoms with van der Waals surface area (Å²) < 4.78 is 6.25. The average Bonchev–Trinajstić information content (AvgIpc) is 1.78. The van der Waals surface area contributed by atoms with E-state index in [1.54, 1.807) is 26.0 Å². The number of oxime groups is 1. The number of unbranched alkanes of at least 4 members (excludes halogenated alkanes) is 1. The van der Waals surface area contributed by atoms with Crippen LogP contribution in [0.3, 0.4) is 0 Å². The molecule has 4 bridgehead atoms. The zero-order valence-corrected chi connectivity index (χ0v) is 56.6. The first-order valence-electron chi connectivity index (χ1n) is 32.7. The Labute approximate surface area is 570 Å². The van der Waals surface area contributed by atoms with E-state index in [1.165, 1.54) is 16.7 Å². The predicted molar refractivity (Wildman–Crippen MR) is 346 cm³/mol. The van der Waals surface area contributed by atoms with Crippen molar-refractivity contribution in [3.8, 4) is 5.75 Å². The molecule has 11 atom stereocenters. The first-order valence-corrected chi connectivity index (χ1v) is 35.0. The number of aliphatic carboxylic acids is 2. The number of thioether (sulfide) groups is 2. The number of nitrogens with two attached hydrogens (primary N) is 2. The van der Waals surface area contributed by atoms with Crippen LogP contribution in [0.15, 0.2) is 23.4 Å². The lowest BCUT2D eigenvalue weighted by molar-refractivity contribution is -0.368. The number of rotatable bonds is 16. The molecule has 2 saturated heterocycles. The third-order valence-corrected chi connectivity index (χ3v) is 18.5. The summed E-state index contributed by atoms with van der Waals surface area (Å²) in [4.78, 5) is 200. The quantitative estimate of drug-likeness (QED) is 0.0686. The van der Waals surface area contributed by atoms with Gasteiger partial charge in [-0.15, -0.1) is 0 Å². The highest BCUT2D eigenvalue weighted by Gasteiger charge is 2.43. The van der Waals surface area contributed by atoms with E-state index in [0.29, 0.717) is 62.1 Å². The molecule has 4 heterocycles. The van der Waals surface area contributed by atoms with Gasteiger partial charge in [0.1, 0.15) is 79.0 Å². The summed E-state index contributed by atoms with van der Waals surface area (Å²) in [7, 11) is 0. The minimum Gasteiger partial charge on any atom is -0.550 e. The van der Waals surface area contributed by atoms with Crippen LogP contribution in [0.1, 0.15) is 141 Å². The van der Waals surface area contributed by atoms with Gasteiger partial charge in [-0.2, -0.15) is 23.5 Å². The van der Waals surface area contributed by atoms with Gasteiger partial charge in [-0.25, -0.2) is 0 Å². The molecule has 0 unspecified atom stereocenters. The molecule has 0 spiro atoms. The third kappa shape index (κ3) is 26.6. The molecule has 35 heteroatoms. The Kier molecular flexibility index (Phi) is 33.1. The zero-order valence-electron chi connectivity index (χ0n) is 54.9. The third-order valence-electron chi connectivity index (χ3n) is 16.3. The number of nitrogens with one attached hydrogen (secondary N) is 8. The van der Waals surface area contributed by atoms with E-state index in [4.69, 9.17) is 21.0 Å². The number of ether oxygens (including phenoxy) is 1. The summed E-state index contributed by atoms with van der Waals surface area (Å²) in [5, 5.41) is 58.9. The Bertz CT molecular complexity index is 3000. The van der Waals surface area contributed by atoms with E-state index in [1.807, 2.05) is 6.07 Å². The van der Waals surface area contributed by atoms with Crippen molar-refractivity contribution in [3.05, 3.63) is 29.3 Å². The summed E-state index contributed by atoms with van der Waals surface area (Å²) >= 11 is 2.39. The number of carboxylic acid groups (broad SMARTS) is 2. The Morgan fingerprint density at radius 2 is 1.15 bits per heavy atom. The number of amides is 12. The monoisotopic (exact) mass is 1400 g/mol. The normalized spacial score (nSPS) is 26.5. The Hall–Kier alpha value is -8.31. The SMILES string of the molecule is CC(C)C[C@@H]1NC(=O)[C@@H]2CCCN2C(=O)[C@@H]2CSCc3cc(cc(c3)OCCCCCCO/N=C/C(=O)N[C@@H](CCCC[NH3+])C(=O)N2)CSC[C@@H](C(N)=O)NC(=O)[C@H](CCC(=O)[O-])NC(=O)[C@H](CCC(N)=O)NC(=O)[C@@H]2CCCN2C(=O)[C@H]([C@@H](C)O)NC(=O)[C@H](CC(=O)[O-])NC1=O. The molecule has 538 valence electrons. The number of quaternary nitrogens is 1. The van der Waals surface area contributed by atoms with Crippen LogP contribution in [-0.4, -0.2) is 215 Å². The van der Waals surface area contributed by atoms with E-state index in [0.717, 1.165) is 42.6 Å². The van der Waals surface area contributed by atoms with Gasteiger partial charge in [0.15, 0.2) is 0 Å². The Balaban J connectivity index is 1.60. The topological polar surface area (TPSA) is 519 Å². The second-order valence-corrected chi connectivity index (χ2v) is 26.8. The maximum atomic E-state index is 15.1. The number of fused-ring (bicyclic) bond motifs is 7. The van der Waals surface area contributed by atoms with E-state index in [9.17, 15) is 77.6 Å². The van der Waals surface area contributed by atoms with E-state index in [-0.39, 0.29) is 80.7 Å². The number of carbonyl (C=O) groups is 14. The number of aliphatic hydroxyl groups is 1. The molecular weight excluding hydrogens is 1310 g/mol. The van der Waals surface area contributed by atoms with Crippen LogP contribution < -0.4 is 74.7 Å². The number of hydrogen-bond acceptors (Lipinski definition) is 22. The molecular formula is C62H93N14O19S2-. The largest absolute Gasteiger partial charge is 0.550 e. The van der Waals surface area contributed by atoms with Gasteiger partial charge in [-0.3, -0.25) is 57.5 Å². The number of hydrogen-bond donors (Lipinski definition) is 12. The van der Waals surface area contributed by atoms with E-state index < -0.39 is 181 Å². The van der Waals surface area contributed by atoms with Gasteiger partial charge < -0.3 is 104 Å². The maximum Gasteiger partial charge on any atom is 0.266 e. The van der Waals surface area contributed by atoms with Gasteiger partial charge in [-0.1, -0.05) is 25.1 Å². The first kappa shape index (κ1) is 79.4. The van der Waals surface area contributed by atoms with Crippen molar-refractivity contribution >= 4 is 113 Å². The van der Waals surface area contributed by atoms with Gasteiger partial charge in [0.2, 0.25) is 65.0 Å². The molecule has 33 nitrogen and oxygen atoms in total. The summed E-state index contributed by atoms with van der Waals surface area (Å²) in [6.07, 6.45) is -0.176. The number of carbonyl (C=O) groups excluding carboxylic acids is 14. The van der Waals surface area contributed by atoms with Crippen molar-refractivity contribution in [2.45, 2.75) is 208 Å². The Morgan fingerprint density at radius 3 is 1.74 bits per heavy atom. The molecule has 2 fully saturated rings. The lowest BCUT2D eigenvalue weighted by Crippen LogP contribution is -2.62. The van der Waals surface area contributed by atoms with Crippen LogP contribution in [0.5, 0.6) is 5.75 Å². The van der Waals surface area contributed by atoms with Crippen LogP contribution in [0, 0.1) is 5.92 Å². The molecule has 1 aromatic carbocycles. The van der Waals surface area contributed by atoms with Crippen molar-refractivity contribution in [1.82, 2.24) is 52.3 Å². The molecule has 4 aliphatic heterocycles. The minimum absolute atomic E-state index is 0.0206. The van der Waals surface area contributed by atoms with Crippen molar-refractivity contribution < 1.29 is 97.8 Å². The van der Waals surface area contributed by atoms with Gasteiger partial charge in [0, 0.05) is 60.9 Å². The second kappa shape index (κ2) is 40.4. The summed E-state index contributed by atoms with van der Waals surface area (Å²) in [6.45, 7) is 5.39. The number of carboxylic acids is 2. The first-order chi connectivity index (χ1) is 46.1.